The Labute approximate surface area is 181 Å². The van der Waals surface area contributed by atoms with Crippen molar-refractivity contribution >= 4 is 23.2 Å². The van der Waals surface area contributed by atoms with Crippen LogP contribution in [0.4, 0.5) is 0 Å². The Morgan fingerprint density at radius 3 is 2.38 bits per heavy atom. The Morgan fingerprint density at radius 2 is 1.69 bits per heavy atom. The van der Waals surface area contributed by atoms with E-state index in [2.05, 4.69) is 5.32 Å². The van der Waals surface area contributed by atoms with Crippen molar-refractivity contribution in [1.82, 2.24) is 5.32 Å². The maximum absolute atomic E-state index is 10.3. The molecule has 0 heterocycles. The molecule has 0 amide bonds. The van der Waals surface area contributed by atoms with Crippen LogP contribution in [0.1, 0.15) is 22.8 Å². The quantitative estimate of drug-likeness (QED) is 0.475. The Morgan fingerprint density at radius 1 is 0.966 bits per heavy atom. The van der Waals surface area contributed by atoms with Crippen LogP contribution in [-0.2, 0) is 13.2 Å². The molecule has 3 aromatic rings. The van der Waals surface area contributed by atoms with E-state index in [1.165, 1.54) is 0 Å². The molecule has 0 aliphatic carbocycles. The van der Waals surface area contributed by atoms with Crippen molar-refractivity contribution in [2.75, 3.05) is 13.7 Å². The summed E-state index contributed by atoms with van der Waals surface area (Å²) in [6, 6.07) is 20.6. The first kappa shape index (κ1) is 21.5. The van der Waals surface area contributed by atoms with E-state index < -0.39 is 6.10 Å². The standard InChI is InChI=1S/C23H23Cl2NO3/c1-28-22-11-18(13-26-14-21(27)17-5-3-2-4-6-17)20(25)12-23(22)29-15-16-7-9-19(24)10-8-16/h2-12,21,26-27H,13-15H2,1H3. The van der Waals surface area contributed by atoms with Crippen LogP contribution in [0.3, 0.4) is 0 Å². The van der Waals surface area contributed by atoms with E-state index in [1.807, 2.05) is 60.7 Å². The maximum atomic E-state index is 10.3. The molecule has 0 bridgehead atoms. The smallest absolute Gasteiger partial charge is 0.163 e. The summed E-state index contributed by atoms with van der Waals surface area (Å²) in [5, 5.41) is 14.7. The molecule has 0 saturated carbocycles. The minimum absolute atomic E-state index is 0.380. The number of halogens is 2. The van der Waals surface area contributed by atoms with Gasteiger partial charge in [0.2, 0.25) is 0 Å². The molecule has 4 nitrogen and oxygen atoms in total. The van der Waals surface area contributed by atoms with Gasteiger partial charge in [-0.2, -0.15) is 0 Å². The first-order valence-corrected chi connectivity index (χ1v) is 10.00. The predicted octanol–water partition coefficient (Wildman–Crippen LogP) is 5.40. The van der Waals surface area contributed by atoms with Crippen molar-refractivity contribution in [3.63, 3.8) is 0 Å². The number of aliphatic hydroxyl groups is 1. The van der Waals surface area contributed by atoms with E-state index >= 15 is 0 Å². The molecule has 6 heteroatoms. The summed E-state index contributed by atoms with van der Waals surface area (Å²) in [6.45, 7) is 1.29. The minimum atomic E-state index is -0.584. The number of hydrogen-bond acceptors (Lipinski definition) is 4. The van der Waals surface area contributed by atoms with Gasteiger partial charge in [-0.3, -0.25) is 0 Å². The van der Waals surface area contributed by atoms with Crippen molar-refractivity contribution in [1.29, 1.82) is 0 Å². The first-order valence-electron chi connectivity index (χ1n) is 9.24. The molecular formula is C23H23Cl2NO3. The molecule has 0 saturated heterocycles. The van der Waals surface area contributed by atoms with Crippen molar-refractivity contribution in [2.24, 2.45) is 0 Å². The third kappa shape index (κ3) is 6.12. The van der Waals surface area contributed by atoms with E-state index in [9.17, 15) is 5.11 Å². The van der Waals surface area contributed by atoms with Gasteiger partial charge in [0.05, 0.1) is 13.2 Å². The zero-order valence-electron chi connectivity index (χ0n) is 16.1. The fourth-order valence-electron chi connectivity index (χ4n) is 2.86. The number of rotatable bonds is 9. The fourth-order valence-corrected chi connectivity index (χ4v) is 3.21. The average molecular weight is 432 g/mol. The Balaban J connectivity index is 1.60. The molecule has 0 fully saturated rings. The van der Waals surface area contributed by atoms with Gasteiger partial charge in [0.25, 0.3) is 0 Å². The lowest BCUT2D eigenvalue weighted by Gasteiger charge is -2.16. The van der Waals surface area contributed by atoms with E-state index in [4.69, 9.17) is 32.7 Å². The Kier molecular flexibility index (Phi) is 7.78. The zero-order chi connectivity index (χ0) is 20.6. The van der Waals surface area contributed by atoms with Crippen LogP contribution < -0.4 is 14.8 Å². The monoisotopic (exact) mass is 431 g/mol. The molecule has 152 valence electrons. The van der Waals surface area contributed by atoms with Crippen LogP contribution in [0.25, 0.3) is 0 Å². The van der Waals surface area contributed by atoms with E-state index in [0.29, 0.717) is 41.2 Å². The lowest BCUT2D eigenvalue weighted by atomic mass is 10.1. The second kappa shape index (κ2) is 10.5. The number of aliphatic hydroxyl groups excluding tert-OH is 1. The molecule has 3 aromatic carbocycles. The molecule has 1 atom stereocenters. The van der Waals surface area contributed by atoms with Crippen molar-refractivity contribution in [3.05, 3.63) is 93.5 Å². The SMILES string of the molecule is COc1cc(CNCC(O)c2ccccc2)c(Cl)cc1OCc1ccc(Cl)cc1. The van der Waals surface area contributed by atoms with Crippen LogP contribution in [0.2, 0.25) is 10.0 Å². The van der Waals surface area contributed by atoms with Gasteiger partial charge in [-0.15, -0.1) is 0 Å². The van der Waals surface area contributed by atoms with Crippen molar-refractivity contribution in [2.45, 2.75) is 19.3 Å². The summed E-state index contributed by atoms with van der Waals surface area (Å²) in [7, 11) is 1.59. The summed E-state index contributed by atoms with van der Waals surface area (Å²) in [4.78, 5) is 0. The highest BCUT2D eigenvalue weighted by molar-refractivity contribution is 6.31. The van der Waals surface area contributed by atoms with Gasteiger partial charge in [-0.25, -0.2) is 0 Å². The fraction of sp³-hybridized carbons (Fsp3) is 0.217. The number of methoxy groups -OCH3 is 1. The largest absolute Gasteiger partial charge is 0.493 e. The van der Waals surface area contributed by atoms with E-state index in [0.717, 1.165) is 16.7 Å². The number of hydrogen-bond donors (Lipinski definition) is 2. The van der Waals surface area contributed by atoms with Gasteiger partial charge in [0.15, 0.2) is 11.5 Å². The third-order valence-electron chi connectivity index (χ3n) is 4.48. The molecule has 2 N–H and O–H groups in total. The molecule has 0 aliphatic heterocycles. The second-order valence-electron chi connectivity index (χ2n) is 6.57. The van der Waals surface area contributed by atoms with Gasteiger partial charge >= 0.3 is 0 Å². The van der Waals surface area contributed by atoms with Gasteiger partial charge in [-0.05, 0) is 34.9 Å². The molecular weight excluding hydrogens is 409 g/mol. The summed E-state index contributed by atoms with van der Waals surface area (Å²) >= 11 is 12.3. The second-order valence-corrected chi connectivity index (χ2v) is 7.41. The summed E-state index contributed by atoms with van der Waals surface area (Å²) in [5.41, 5.74) is 2.73. The van der Waals surface area contributed by atoms with Gasteiger partial charge < -0.3 is 19.9 Å². The molecule has 0 radical (unpaired) electrons. The molecule has 29 heavy (non-hydrogen) atoms. The van der Waals surface area contributed by atoms with Crippen LogP contribution in [-0.4, -0.2) is 18.8 Å². The molecule has 0 spiro atoms. The highest BCUT2D eigenvalue weighted by Crippen LogP contribution is 2.34. The summed E-state index contributed by atoms with van der Waals surface area (Å²) in [6.07, 6.45) is -0.584. The highest BCUT2D eigenvalue weighted by atomic mass is 35.5. The number of nitrogens with one attached hydrogen (secondary N) is 1. The molecule has 0 aromatic heterocycles. The average Bonchev–Trinajstić information content (AvgIpc) is 2.75. The Bertz CT molecular complexity index is 917. The number of benzene rings is 3. The van der Waals surface area contributed by atoms with Gasteiger partial charge in [0.1, 0.15) is 6.61 Å². The van der Waals surface area contributed by atoms with Gasteiger partial charge in [0, 0.05) is 29.2 Å². The van der Waals surface area contributed by atoms with Gasteiger partial charge in [-0.1, -0.05) is 65.7 Å². The predicted molar refractivity (Wildman–Crippen MR) is 117 cm³/mol. The van der Waals surface area contributed by atoms with Crippen LogP contribution in [0, 0.1) is 0 Å². The summed E-state index contributed by atoms with van der Waals surface area (Å²) in [5.74, 6) is 1.17. The maximum Gasteiger partial charge on any atom is 0.163 e. The lowest BCUT2D eigenvalue weighted by Crippen LogP contribution is -2.21. The minimum Gasteiger partial charge on any atom is -0.493 e. The number of ether oxygens (including phenoxy) is 2. The van der Waals surface area contributed by atoms with E-state index in [1.54, 1.807) is 13.2 Å². The zero-order valence-corrected chi connectivity index (χ0v) is 17.6. The van der Waals surface area contributed by atoms with Crippen LogP contribution in [0.15, 0.2) is 66.7 Å². The third-order valence-corrected chi connectivity index (χ3v) is 5.08. The van der Waals surface area contributed by atoms with E-state index in [-0.39, 0.29) is 0 Å². The van der Waals surface area contributed by atoms with Crippen molar-refractivity contribution < 1.29 is 14.6 Å². The highest BCUT2D eigenvalue weighted by Gasteiger charge is 2.12. The van der Waals surface area contributed by atoms with Crippen molar-refractivity contribution in [3.8, 4) is 11.5 Å². The normalized spacial score (nSPS) is 11.9. The molecule has 1 unspecified atom stereocenters. The first-order chi connectivity index (χ1) is 14.1. The lowest BCUT2D eigenvalue weighted by molar-refractivity contribution is 0.174. The topological polar surface area (TPSA) is 50.7 Å². The van der Waals surface area contributed by atoms with Crippen LogP contribution >= 0.6 is 23.2 Å². The van der Waals surface area contributed by atoms with Crippen LogP contribution in [0.5, 0.6) is 11.5 Å². The Hall–Kier alpha value is -2.24. The molecule has 0 aliphatic rings. The summed E-state index contributed by atoms with van der Waals surface area (Å²) < 4.78 is 11.3. The molecule has 3 rings (SSSR count).